The average molecular weight is 802 g/mol. The molecule has 3 atom stereocenters. The number of carboxylic acid groups (broad SMARTS) is 3. The molecule has 2 unspecified atom stereocenters. The van der Waals surface area contributed by atoms with Crippen LogP contribution < -0.4 is 25.1 Å². The maximum absolute atomic E-state index is 13.6. The Morgan fingerprint density at radius 2 is 1.76 bits per heavy atom. The lowest BCUT2D eigenvalue weighted by Gasteiger charge is -2.49. The van der Waals surface area contributed by atoms with E-state index in [1.165, 1.54) is 45.6 Å². The summed E-state index contributed by atoms with van der Waals surface area (Å²) >= 11 is 3.45. The quantitative estimate of drug-likeness (QED) is 0.0273. The molecule has 0 spiro atoms. The van der Waals surface area contributed by atoms with Crippen LogP contribution in [0.3, 0.4) is 0 Å². The van der Waals surface area contributed by atoms with Crippen LogP contribution in [-0.4, -0.2) is 95.5 Å². The zero-order valence-electron chi connectivity index (χ0n) is 28.0. The van der Waals surface area contributed by atoms with Gasteiger partial charge in [-0.2, -0.15) is 4.57 Å². The highest BCUT2D eigenvalue weighted by Gasteiger charge is 2.54. The summed E-state index contributed by atoms with van der Waals surface area (Å²) in [6.07, 6.45) is 1.26. The molecule has 1 saturated heterocycles. The van der Waals surface area contributed by atoms with E-state index in [2.05, 4.69) is 15.5 Å². The number of carbonyl (C=O) groups is 7. The fourth-order valence-electron chi connectivity index (χ4n) is 5.09. The Bertz CT molecular complexity index is 2100. The smallest absolute Gasteiger partial charge is 0.370 e. The van der Waals surface area contributed by atoms with E-state index in [0.717, 1.165) is 41.0 Å². The van der Waals surface area contributed by atoms with Crippen LogP contribution in [0.1, 0.15) is 31.2 Å². The molecule has 54 heavy (non-hydrogen) atoms. The van der Waals surface area contributed by atoms with Crippen LogP contribution in [0.25, 0.3) is 0 Å². The zero-order chi connectivity index (χ0) is 39.3. The Kier molecular flexibility index (Phi) is 12.2. The van der Waals surface area contributed by atoms with E-state index in [1.807, 2.05) is 0 Å². The van der Waals surface area contributed by atoms with Gasteiger partial charge in [-0.05, 0) is 17.7 Å². The molecule has 5 rings (SSSR count). The van der Waals surface area contributed by atoms with Crippen LogP contribution in [0.2, 0.25) is 0 Å². The molecule has 282 valence electrons. The summed E-state index contributed by atoms with van der Waals surface area (Å²) in [5.41, 5.74) is 5.19. The third kappa shape index (κ3) is 9.13. The lowest BCUT2D eigenvalue weighted by atomic mass is 10.0. The third-order valence-corrected chi connectivity index (χ3v) is 10.5. The normalized spacial score (nSPS) is 17.1. The molecular weight excluding hydrogens is 773 g/mol. The number of aliphatic carboxylic acids is 3. The fraction of sp³-hybridized carbons (Fsp3) is 0.250. The van der Waals surface area contributed by atoms with Gasteiger partial charge >= 0.3 is 29.8 Å². The van der Waals surface area contributed by atoms with E-state index in [1.54, 1.807) is 24.5 Å². The maximum atomic E-state index is 13.6. The van der Waals surface area contributed by atoms with E-state index < -0.39 is 64.9 Å². The minimum atomic E-state index is -1.90. The summed E-state index contributed by atoms with van der Waals surface area (Å²) in [6.45, 7) is 1.96. The van der Waals surface area contributed by atoms with Gasteiger partial charge in [-0.15, -0.1) is 34.9 Å². The number of hydrogen-bond donors (Lipinski definition) is 5. The second-order valence-corrected chi connectivity index (χ2v) is 14.3. The molecule has 1 fully saturated rings. The number of pyridine rings is 1. The van der Waals surface area contributed by atoms with Crippen LogP contribution in [0.5, 0.6) is 11.5 Å². The van der Waals surface area contributed by atoms with Gasteiger partial charge in [-0.1, -0.05) is 11.2 Å². The Morgan fingerprint density at radius 1 is 1.07 bits per heavy atom. The van der Waals surface area contributed by atoms with Gasteiger partial charge in [0.05, 0.1) is 0 Å². The molecule has 2 aliphatic rings. The SMILES string of the molecule is CC(=O)Oc1ccc(C(ON=C(C(=O)NC2C(=O)N3C(C(=O)O)=C(CSc4cc[n+](CC(=O)O)cc4)CS[C@@H]23)c2csc(N)n2)C(=O)O)cc1OC(C)=O. The number of benzene rings is 1. The van der Waals surface area contributed by atoms with Gasteiger partial charge in [-0.3, -0.25) is 24.1 Å². The summed E-state index contributed by atoms with van der Waals surface area (Å²) in [5.74, 6) is -7.24. The minimum absolute atomic E-state index is 0.0256. The zero-order valence-corrected chi connectivity index (χ0v) is 30.4. The van der Waals surface area contributed by atoms with Gasteiger partial charge in [0.15, 0.2) is 34.7 Å². The predicted molar refractivity (Wildman–Crippen MR) is 188 cm³/mol. The van der Waals surface area contributed by atoms with Crippen LogP contribution in [-0.2, 0) is 44.9 Å². The molecule has 0 bridgehead atoms. The highest BCUT2D eigenvalue weighted by molar-refractivity contribution is 8.01. The lowest BCUT2D eigenvalue weighted by molar-refractivity contribution is -0.686. The number of β-lactam (4-membered cyclic amide) rings is 1. The number of oxime groups is 1. The van der Waals surface area contributed by atoms with Crippen LogP contribution in [0.4, 0.5) is 5.13 Å². The van der Waals surface area contributed by atoms with E-state index >= 15 is 0 Å². The van der Waals surface area contributed by atoms with Crippen LogP contribution >= 0.6 is 34.9 Å². The average Bonchev–Trinajstić information content (AvgIpc) is 3.53. The number of nitrogens with zero attached hydrogens (tertiary/aromatic N) is 4. The molecule has 0 saturated carbocycles. The molecule has 2 amide bonds. The van der Waals surface area contributed by atoms with Gasteiger partial charge < -0.3 is 40.7 Å². The van der Waals surface area contributed by atoms with Crippen molar-refractivity contribution in [3.63, 3.8) is 0 Å². The van der Waals surface area contributed by atoms with Crippen molar-refractivity contribution < 1.29 is 67.8 Å². The van der Waals surface area contributed by atoms with Crippen LogP contribution in [0.15, 0.2) is 69.4 Å². The van der Waals surface area contributed by atoms with Crippen molar-refractivity contribution in [2.75, 3.05) is 17.2 Å². The lowest BCUT2D eigenvalue weighted by Crippen LogP contribution is -2.71. The van der Waals surface area contributed by atoms with E-state index in [9.17, 15) is 43.8 Å². The Morgan fingerprint density at radius 3 is 2.35 bits per heavy atom. The number of anilines is 1. The summed E-state index contributed by atoms with van der Waals surface area (Å²) in [5, 5.41) is 35.9. The molecule has 1 aromatic carbocycles. The largest absolute Gasteiger partial charge is 0.478 e. The van der Waals surface area contributed by atoms with Crippen molar-refractivity contribution in [3.05, 3.63) is 70.6 Å². The summed E-state index contributed by atoms with van der Waals surface area (Å²) < 4.78 is 11.5. The van der Waals surface area contributed by atoms with Crippen molar-refractivity contribution in [1.82, 2.24) is 15.2 Å². The highest BCUT2D eigenvalue weighted by Crippen LogP contribution is 2.42. The van der Waals surface area contributed by atoms with Crippen molar-refractivity contribution in [3.8, 4) is 11.5 Å². The second kappa shape index (κ2) is 16.8. The Labute approximate surface area is 316 Å². The molecule has 0 radical (unpaired) electrons. The van der Waals surface area contributed by atoms with Gasteiger partial charge in [0, 0.05) is 53.3 Å². The summed E-state index contributed by atoms with van der Waals surface area (Å²) in [4.78, 5) is 97.0. The third-order valence-electron chi connectivity index (χ3n) is 7.36. The monoisotopic (exact) mass is 801 g/mol. The number of nitrogen functional groups attached to an aromatic ring is 1. The topological polar surface area (TPSA) is 278 Å². The number of nitrogens with two attached hydrogens (primary N) is 1. The second-order valence-electron chi connectivity index (χ2n) is 11.2. The first-order valence-corrected chi connectivity index (χ1v) is 18.3. The van der Waals surface area contributed by atoms with Crippen molar-refractivity contribution in [2.24, 2.45) is 5.16 Å². The number of esters is 2. The molecular formula is C32H29N6O13S3+. The minimum Gasteiger partial charge on any atom is -0.478 e. The number of nitrogens with one attached hydrogen (secondary N) is 1. The standard InChI is InChI=1S/C32H28N6O13S3/c1-14(39)49-20-4-3-16(9-21(20)50-15(2)40)26(31(47)48)51-36-23(19-13-54-32(33)34-19)27(43)35-24-28(44)38-25(30(45)46)17(12-53-29(24)38)11-52-18-5-7-37(8-6-18)10-22(41)42/h3-9,13,24,26,29H,10-12H2,1-2H3,(H5-,33,34,35,41,42,43,45,46,47,48)/p+1/t24?,26?,29-/m0/s1. The van der Waals surface area contributed by atoms with E-state index in [4.69, 9.17) is 25.2 Å². The van der Waals surface area contributed by atoms with Crippen molar-refractivity contribution >= 4 is 87.4 Å². The number of aromatic nitrogens is 2. The summed E-state index contributed by atoms with van der Waals surface area (Å²) in [6, 6.07) is 5.63. The molecule has 0 aliphatic carbocycles. The number of carbonyl (C=O) groups excluding carboxylic acids is 4. The molecule has 2 aliphatic heterocycles. The predicted octanol–water partition coefficient (Wildman–Crippen LogP) is 1.03. The van der Waals surface area contributed by atoms with E-state index in [-0.39, 0.29) is 51.6 Å². The molecule has 19 nitrogen and oxygen atoms in total. The van der Waals surface area contributed by atoms with Gasteiger partial charge in [0.2, 0.25) is 12.6 Å². The number of ether oxygens (including phenoxy) is 2. The Balaban J connectivity index is 1.34. The Hall–Kier alpha value is -6.00. The number of thiazole rings is 1. The van der Waals surface area contributed by atoms with Crippen molar-refractivity contribution in [1.29, 1.82) is 0 Å². The first kappa shape index (κ1) is 39.2. The molecule has 2 aromatic heterocycles. The number of rotatable bonds is 15. The van der Waals surface area contributed by atoms with Gasteiger partial charge in [0.25, 0.3) is 11.8 Å². The fourth-order valence-corrected chi connectivity index (χ4v) is 8.01. The molecule has 4 heterocycles. The number of carboxylic acids is 3. The van der Waals surface area contributed by atoms with Gasteiger partial charge in [-0.25, -0.2) is 19.4 Å². The number of thioether (sulfide) groups is 2. The number of amides is 2. The molecule has 6 N–H and O–H groups in total. The highest BCUT2D eigenvalue weighted by atomic mass is 32.2. The number of hydrogen-bond acceptors (Lipinski definition) is 16. The molecule has 3 aromatic rings. The first-order valence-electron chi connectivity index (χ1n) is 15.4. The summed E-state index contributed by atoms with van der Waals surface area (Å²) in [7, 11) is 0. The van der Waals surface area contributed by atoms with Gasteiger partial charge in [0.1, 0.15) is 22.8 Å². The first-order chi connectivity index (χ1) is 25.6. The molecule has 22 heteroatoms. The number of fused-ring (bicyclic) bond motifs is 1. The van der Waals surface area contributed by atoms with E-state index in [0.29, 0.717) is 5.57 Å². The van der Waals surface area contributed by atoms with Crippen molar-refractivity contribution in [2.45, 2.75) is 42.8 Å². The maximum Gasteiger partial charge on any atom is 0.370 e. The van der Waals surface area contributed by atoms with Crippen LogP contribution in [0, 0.1) is 0 Å².